The summed E-state index contributed by atoms with van der Waals surface area (Å²) >= 11 is 1.56. The van der Waals surface area contributed by atoms with Crippen LogP contribution < -0.4 is 0 Å². The minimum Gasteiger partial charge on any atom is -0.363 e. The van der Waals surface area contributed by atoms with Crippen molar-refractivity contribution in [1.29, 1.82) is 0 Å². The first-order valence-electron chi connectivity index (χ1n) is 1.92. The van der Waals surface area contributed by atoms with Gasteiger partial charge in [0.1, 0.15) is 12.9 Å². The zero-order valence-corrected chi connectivity index (χ0v) is 5.03. The van der Waals surface area contributed by atoms with Crippen LogP contribution >= 0.6 is 11.8 Å². The van der Waals surface area contributed by atoms with Gasteiger partial charge in [0.2, 0.25) is 0 Å². The Morgan fingerprint density at radius 3 is 3.00 bits per heavy atom. The van der Waals surface area contributed by atoms with Gasteiger partial charge in [-0.25, -0.2) is 0 Å². The van der Waals surface area contributed by atoms with Crippen molar-refractivity contribution in [2.24, 2.45) is 0 Å². The molecule has 0 saturated heterocycles. The number of thioether (sulfide) groups is 1. The molecule has 0 unspecified atom stereocenters. The molecule has 0 aliphatic carbocycles. The highest BCUT2D eigenvalue weighted by molar-refractivity contribution is 7.98. The van der Waals surface area contributed by atoms with Gasteiger partial charge in [0, 0.05) is 0 Å². The van der Waals surface area contributed by atoms with Crippen molar-refractivity contribution < 1.29 is 9.53 Å². The van der Waals surface area contributed by atoms with Crippen LogP contribution in [0.1, 0.15) is 0 Å². The summed E-state index contributed by atoms with van der Waals surface area (Å²) in [5, 5.41) is 0. The third-order valence-electron chi connectivity index (χ3n) is 0.387. The van der Waals surface area contributed by atoms with E-state index in [1.165, 1.54) is 0 Å². The fourth-order valence-electron chi connectivity index (χ4n) is 0.180. The minimum absolute atomic E-state index is 0.223. The number of aldehydes is 1. The Morgan fingerprint density at radius 1 is 1.86 bits per heavy atom. The van der Waals surface area contributed by atoms with Crippen LogP contribution in [0.4, 0.5) is 0 Å². The second kappa shape index (κ2) is 5.98. The normalized spacial score (nSPS) is 8.71. The molecule has 0 aromatic heterocycles. The van der Waals surface area contributed by atoms with Crippen LogP contribution in [0.3, 0.4) is 0 Å². The molecule has 0 bridgehead atoms. The van der Waals surface area contributed by atoms with Gasteiger partial charge in [-0.1, -0.05) is 0 Å². The predicted molar refractivity (Wildman–Crippen MR) is 30.4 cm³/mol. The monoisotopic (exact) mass is 120 g/mol. The quantitative estimate of drug-likeness (QED) is 0.307. The zero-order valence-electron chi connectivity index (χ0n) is 4.22. The Morgan fingerprint density at radius 2 is 2.57 bits per heavy atom. The molecule has 0 aromatic rings. The maximum absolute atomic E-state index is 9.55. The van der Waals surface area contributed by atoms with Gasteiger partial charge in [0.25, 0.3) is 0 Å². The molecule has 0 atom stereocenters. The number of hydrogen-bond donors (Lipinski definition) is 0. The fourth-order valence-corrected chi connectivity index (χ4v) is 0.442. The highest BCUT2D eigenvalue weighted by Gasteiger charge is 1.77. The van der Waals surface area contributed by atoms with Crippen LogP contribution in [0.25, 0.3) is 0 Å². The molecule has 0 aromatic carbocycles. The molecular weight excluding hydrogens is 112 g/mol. The smallest absolute Gasteiger partial charge is 0.145 e. The van der Waals surface area contributed by atoms with Crippen molar-refractivity contribution in [3.05, 3.63) is 0 Å². The Kier molecular flexibility index (Phi) is 5.96. The van der Waals surface area contributed by atoms with Crippen LogP contribution in [0.2, 0.25) is 0 Å². The van der Waals surface area contributed by atoms with Gasteiger partial charge in [-0.05, 0) is 6.26 Å². The summed E-state index contributed by atoms with van der Waals surface area (Å²) < 4.78 is 4.73. The number of carbonyl (C=O) groups is 1. The first kappa shape index (κ1) is 6.98. The predicted octanol–water partition coefficient (Wildman–Crippen LogP) is 0.522. The van der Waals surface area contributed by atoms with E-state index in [4.69, 9.17) is 4.74 Å². The highest BCUT2D eigenvalue weighted by atomic mass is 32.2. The lowest BCUT2D eigenvalue weighted by Crippen LogP contribution is -1.92. The van der Waals surface area contributed by atoms with Crippen LogP contribution in [-0.2, 0) is 9.53 Å². The molecule has 0 fully saturated rings. The fraction of sp³-hybridized carbons (Fsp3) is 0.750. The van der Waals surface area contributed by atoms with Gasteiger partial charge in [-0.3, -0.25) is 0 Å². The lowest BCUT2D eigenvalue weighted by molar-refractivity contribution is -0.111. The van der Waals surface area contributed by atoms with Gasteiger partial charge >= 0.3 is 0 Å². The van der Waals surface area contributed by atoms with E-state index >= 15 is 0 Å². The van der Waals surface area contributed by atoms with E-state index in [-0.39, 0.29) is 6.61 Å². The Bertz CT molecular complexity index is 47.0. The van der Waals surface area contributed by atoms with E-state index < -0.39 is 0 Å². The maximum atomic E-state index is 9.55. The van der Waals surface area contributed by atoms with Crippen molar-refractivity contribution >= 4 is 18.0 Å². The van der Waals surface area contributed by atoms with Crippen molar-refractivity contribution in [1.82, 2.24) is 0 Å². The highest BCUT2D eigenvalue weighted by Crippen LogP contribution is 1.89. The molecule has 0 heterocycles. The standard InChI is InChI=1S/C4H8O2S/c1-7-4-6-3-2-5/h2H,3-4H2,1H3. The van der Waals surface area contributed by atoms with Gasteiger partial charge in [0.05, 0.1) is 5.94 Å². The molecule has 2 nitrogen and oxygen atoms in total. The van der Waals surface area contributed by atoms with Crippen molar-refractivity contribution in [3.8, 4) is 0 Å². The summed E-state index contributed by atoms with van der Waals surface area (Å²) in [4.78, 5) is 9.55. The van der Waals surface area contributed by atoms with E-state index in [9.17, 15) is 4.79 Å². The van der Waals surface area contributed by atoms with Crippen molar-refractivity contribution in [2.75, 3.05) is 18.8 Å². The Balaban J connectivity index is 2.56. The van der Waals surface area contributed by atoms with E-state index in [1.807, 2.05) is 6.26 Å². The molecule has 0 N–H and O–H groups in total. The van der Waals surface area contributed by atoms with Crippen LogP contribution in [0.5, 0.6) is 0 Å². The number of ether oxygens (including phenoxy) is 1. The van der Waals surface area contributed by atoms with E-state index in [1.54, 1.807) is 11.8 Å². The first-order valence-corrected chi connectivity index (χ1v) is 3.31. The zero-order chi connectivity index (χ0) is 5.54. The molecule has 0 amide bonds. The first-order chi connectivity index (χ1) is 3.41. The summed E-state index contributed by atoms with van der Waals surface area (Å²) in [6, 6.07) is 0. The molecule has 0 aliphatic heterocycles. The third kappa shape index (κ3) is 5.98. The van der Waals surface area contributed by atoms with Gasteiger partial charge in [-0.15, -0.1) is 11.8 Å². The molecule has 3 heteroatoms. The number of rotatable bonds is 4. The summed E-state index contributed by atoms with van der Waals surface area (Å²) in [5.41, 5.74) is 0. The average molecular weight is 120 g/mol. The Hall–Kier alpha value is -0.0200. The van der Waals surface area contributed by atoms with Crippen LogP contribution in [0.15, 0.2) is 0 Å². The molecule has 0 radical (unpaired) electrons. The van der Waals surface area contributed by atoms with Gasteiger partial charge in [-0.2, -0.15) is 0 Å². The SMILES string of the molecule is CSCOCC=O. The lowest BCUT2D eigenvalue weighted by atomic mass is 10.8. The van der Waals surface area contributed by atoms with Crippen molar-refractivity contribution in [2.45, 2.75) is 0 Å². The number of hydrogen-bond acceptors (Lipinski definition) is 3. The van der Waals surface area contributed by atoms with Crippen molar-refractivity contribution in [3.63, 3.8) is 0 Å². The third-order valence-corrected chi connectivity index (χ3v) is 0.789. The minimum atomic E-state index is 0.223. The second-order valence-electron chi connectivity index (χ2n) is 0.944. The summed E-state index contributed by atoms with van der Waals surface area (Å²) in [5.74, 6) is 0.610. The number of carbonyl (C=O) groups excluding carboxylic acids is 1. The molecule has 0 spiro atoms. The molecule has 7 heavy (non-hydrogen) atoms. The van der Waals surface area contributed by atoms with Crippen LogP contribution in [0, 0.1) is 0 Å². The summed E-state index contributed by atoms with van der Waals surface area (Å²) in [6.45, 7) is 0.223. The molecule has 0 aliphatic rings. The Labute approximate surface area is 47.2 Å². The second-order valence-corrected chi connectivity index (χ2v) is 1.76. The molecular formula is C4H8O2S. The van der Waals surface area contributed by atoms with E-state index in [0.29, 0.717) is 5.94 Å². The molecule has 42 valence electrons. The largest absolute Gasteiger partial charge is 0.363 e. The maximum Gasteiger partial charge on any atom is 0.145 e. The summed E-state index contributed by atoms with van der Waals surface area (Å²) in [7, 11) is 0. The molecule has 0 saturated carbocycles. The topological polar surface area (TPSA) is 26.3 Å². The lowest BCUT2D eigenvalue weighted by Gasteiger charge is -1.90. The van der Waals surface area contributed by atoms with Gasteiger partial charge in [0.15, 0.2) is 0 Å². The summed E-state index contributed by atoms with van der Waals surface area (Å²) in [6.07, 6.45) is 2.67. The van der Waals surface area contributed by atoms with Gasteiger partial charge < -0.3 is 9.53 Å². The van der Waals surface area contributed by atoms with E-state index in [0.717, 1.165) is 6.29 Å². The van der Waals surface area contributed by atoms with E-state index in [2.05, 4.69) is 0 Å². The average Bonchev–Trinajstić information content (AvgIpc) is 1.69. The molecule has 0 rings (SSSR count). The van der Waals surface area contributed by atoms with Crippen LogP contribution in [-0.4, -0.2) is 25.1 Å².